The van der Waals surface area contributed by atoms with E-state index in [1.165, 1.54) is 17.0 Å². The summed E-state index contributed by atoms with van der Waals surface area (Å²) in [6.45, 7) is 1.51. The molecule has 5 nitrogen and oxygen atoms in total. The van der Waals surface area contributed by atoms with E-state index in [-0.39, 0.29) is 11.6 Å². The van der Waals surface area contributed by atoms with E-state index in [1.54, 1.807) is 13.0 Å². The Labute approximate surface area is 109 Å². The van der Waals surface area contributed by atoms with Crippen LogP contribution in [0.4, 0.5) is 10.5 Å². The second-order valence-electron chi connectivity index (χ2n) is 3.98. The quantitative estimate of drug-likeness (QED) is 0.887. The molecular weight excluding hydrogens is 256 g/mol. The molecule has 0 aliphatic carbocycles. The molecule has 0 bridgehead atoms. The van der Waals surface area contributed by atoms with Gasteiger partial charge in [-0.1, -0.05) is 11.6 Å². The van der Waals surface area contributed by atoms with Crippen LogP contribution < -0.4 is 4.90 Å². The van der Waals surface area contributed by atoms with Crippen LogP contribution >= 0.6 is 11.6 Å². The van der Waals surface area contributed by atoms with Crippen molar-refractivity contribution in [3.05, 3.63) is 28.8 Å². The number of nitriles is 1. The molecule has 1 N–H and O–H groups in total. The maximum Gasteiger partial charge on any atom is 0.415 e. The molecule has 94 valence electrons. The molecule has 1 aliphatic heterocycles. The summed E-state index contributed by atoms with van der Waals surface area (Å²) in [6.07, 6.45) is -0.917. The third kappa shape index (κ3) is 2.01. The van der Waals surface area contributed by atoms with Crippen molar-refractivity contribution < 1.29 is 14.6 Å². The van der Waals surface area contributed by atoms with Crippen molar-refractivity contribution >= 4 is 23.4 Å². The Kier molecular flexibility index (Phi) is 3.41. The van der Waals surface area contributed by atoms with E-state index < -0.39 is 18.2 Å². The van der Waals surface area contributed by atoms with Crippen molar-refractivity contribution in [1.29, 1.82) is 5.26 Å². The van der Waals surface area contributed by atoms with E-state index in [4.69, 9.17) is 21.6 Å². The fourth-order valence-electron chi connectivity index (χ4n) is 1.91. The van der Waals surface area contributed by atoms with E-state index in [2.05, 4.69) is 0 Å². The largest absolute Gasteiger partial charge is 0.444 e. The number of aliphatic hydroxyl groups is 1. The lowest BCUT2D eigenvalue weighted by atomic mass is 10.1. The maximum atomic E-state index is 11.7. The first-order chi connectivity index (χ1) is 8.58. The zero-order valence-electron chi connectivity index (χ0n) is 9.63. The zero-order chi connectivity index (χ0) is 13.3. The predicted octanol–water partition coefficient (Wildman–Crippen LogP) is 1.92. The van der Waals surface area contributed by atoms with Crippen molar-refractivity contribution in [2.75, 3.05) is 11.5 Å². The van der Waals surface area contributed by atoms with Crippen LogP contribution in [0.25, 0.3) is 0 Å². The molecule has 0 spiro atoms. The fraction of sp³-hybridized carbons (Fsp3) is 0.333. The molecule has 1 fully saturated rings. The number of amides is 1. The van der Waals surface area contributed by atoms with Gasteiger partial charge in [-0.05, 0) is 25.1 Å². The topological polar surface area (TPSA) is 73.6 Å². The molecule has 18 heavy (non-hydrogen) atoms. The van der Waals surface area contributed by atoms with Crippen LogP contribution in [0.15, 0.2) is 18.2 Å². The second kappa shape index (κ2) is 4.84. The van der Waals surface area contributed by atoms with Gasteiger partial charge in [0, 0.05) is 5.69 Å². The van der Waals surface area contributed by atoms with Gasteiger partial charge >= 0.3 is 6.09 Å². The Balaban J connectivity index is 2.39. The van der Waals surface area contributed by atoms with Crippen molar-refractivity contribution in [2.45, 2.75) is 19.1 Å². The minimum Gasteiger partial charge on any atom is -0.444 e. The van der Waals surface area contributed by atoms with Gasteiger partial charge in [0.05, 0.1) is 17.2 Å². The summed E-state index contributed by atoms with van der Waals surface area (Å²) in [5.74, 6) is 0. The Morgan fingerprint density at radius 3 is 2.89 bits per heavy atom. The summed E-state index contributed by atoms with van der Waals surface area (Å²) in [6, 6.07) is 6.15. The molecule has 1 aromatic carbocycles. The number of aliphatic hydroxyl groups excluding tert-OH is 1. The van der Waals surface area contributed by atoms with E-state index in [0.29, 0.717) is 11.3 Å². The van der Waals surface area contributed by atoms with Crippen LogP contribution in [0.3, 0.4) is 0 Å². The van der Waals surface area contributed by atoms with Crippen LogP contribution in [-0.2, 0) is 4.74 Å². The van der Waals surface area contributed by atoms with Gasteiger partial charge in [-0.2, -0.15) is 5.26 Å². The molecule has 6 heteroatoms. The number of halogens is 1. The predicted molar refractivity (Wildman–Crippen MR) is 65.5 cm³/mol. The van der Waals surface area contributed by atoms with Crippen LogP contribution in [0, 0.1) is 11.3 Å². The molecule has 0 unspecified atom stereocenters. The molecule has 1 aromatic rings. The van der Waals surface area contributed by atoms with Crippen LogP contribution in [0.5, 0.6) is 0 Å². The van der Waals surface area contributed by atoms with Crippen LogP contribution in [-0.4, -0.2) is 30.0 Å². The van der Waals surface area contributed by atoms with E-state index in [9.17, 15) is 9.90 Å². The number of carbonyl (C=O) groups excluding carboxylic acids is 1. The normalized spacial score (nSPS) is 22.8. The molecule has 2 rings (SSSR count). The minimum atomic E-state index is -0.526. The Morgan fingerprint density at radius 1 is 1.61 bits per heavy atom. The molecule has 1 heterocycles. The van der Waals surface area contributed by atoms with Gasteiger partial charge in [0.25, 0.3) is 0 Å². The van der Waals surface area contributed by atoms with Crippen LogP contribution in [0.1, 0.15) is 12.5 Å². The highest BCUT2D eigenvalue weighted by Gasteiger charge is 2.39. The number of benzene rings is 1. The summed E-state index contributed by atoms with van der Waals surface area (Å²) in [4.78, 5) is 13.0. The number of anilines is 1. The van der Waals surface area contributed by atoms with Gasteiger partial charge in [0.2, 0.25) is 0 Å². The molecule has 0 radical (unpaired) electrons. The van der Waals surface area contributed by atoms with Gasteiger partial charge in [-0.15, -0.1) is 0 Å². The SMILES string of the molecule is C[C@@H]1OC(=O)N(c2ccc(C#N)c(Cl)c2)[C@H]1CO. The summed E-state index contributed by atoms with van der Waals surface area (Å²) >= 11 is 5.92. The lowest BCUT2D eigenvalue weighted by Crippen LogP contribution is -2.38. The monoisotopic (exact) mass is 266 g/mol. The van der Waals surface area contributed by atoms with Gasteiger partial charge in [-0.3, -0.25) is 4.90 Å². The van der Waals surface area contributed by atoms with E-state index in [1.807, 2.05) is 6.07 Å². The van der Waals surface area contributed by atoms with Gasteiger partial charge in [0.15, 0.2) is 0 Å². The smallest absolute Gasteiger partial charge is 0.415 e. The fourth-order valence-corrected chi connectivity index (χ4v) is 2.13. The summed E-state index contributed by atoms with van der Waals surface area (Å²) < 4.78 is 5.05. The van der Waals surface area contributed by atoms with E-state index in [0.717, 1.165) is 0 Å². The molecule has 2 atom stereocenters. The summed E-state index contributed by atoms with van der Waals surface area (Å²) in [5.41, 5.74) is 0.842. The molecule has 1 amide bonds. The number of hydrogen-bond acceptors (Lipinski definition) is 4. The highest BCUT2D eigenvalue weighted by atomic mass is 35.5. The highest BCUT2D eigenvalue weighted by Crippen LogP contribution is 2.30. The standard InChI is InChI=1S/C12H11ClN2O3/c1-7-11(6-16)15(12(17)18-7)9-3-2-8(5-14)10(13)4-9/h2-4,7,11,16H,6H2,1H3/t7-,11-/m0/s1. The zero-order valence-corrected chi connectivity index (χ0v) is 10.4. The summed E-state index contributed by atoms with van der Waals surface area (Å²) in [5, 5.41) is 18.3. The third-order valence-corrected chi connectivity index (χ3v) is 3.21. The number of carbonyl (C=O) groups is 1. The van der Waals surface area contributed by atoms with Gasteiger partial charge in [-0.25, -0.2) is 4.79 Å². The molecule has 0 aromatic heterocycles. The van der Waals surface area contributed by atoms with Crippen molar-refractivity contribution in [1.82, 2.24) is 0 Å². The summed E-state index contributed by atoms with van der Waals surface area (Å²) in [7, 11) is 0. The molecule has 0 saturated carbocycles. The first kappa shape index (κ1) is 12.7. The lowest BCUT2D eigenvalue weighted by molar-refractivity contribution is 0.129. The number of cyclic esters (lactones) is 1. The number of rotatable bonds is 2. The first-order valence-electron chi connectivity index (χ1n) is 5.39. The molecule has 1 saturated heterocycles. The van der Waals surface area contributed by atoms with Gasteiger partial charge in [0.1, 0.15) is 18.2 Å². The number of hydrogen-bond donors (Lipinski definition) is 1. The maximum absolute atomic E-state index is 11.7. The first-order valence-corrected chi connectivity index (χ1v) is 5.76. The van der Waals surface area contributed by atoms with Crippen molar-refractivity contribution in [2.24, 2.45) is 0 Å². The average molecular weight is 267 g/mol. The number of nitrogens with zero attached hydrogens (tertiary/aromatic N) is 2. The van der Waals surface area contributed by atoms with Gasteiger partial charge < -0.3 is 9.84 Å². The Morgan fingerprint density at radius 2 is 2.33 bits per heavy atom. The van der Waals surface area contributed by atoms with E-state index >= 15 is 0 Å². The molecule has 1 aliphatic rings. The van der Waals surface area contributed by atoms with Crippen LogP contribution in [0.2, 0.25) is 5.02 Å². The minimum absolute atomic E-state index is 0.204. The third-order valence-electron chi connectivity index (χ3n) is 2.90. The van der Waals surface area contributed by atoms with Crippen molar-refractivity contribution in [3.63, 3.8) is 0 Å². The van der Waals surface area contributed by atoms with Crippen molar-refractivity contribution in [3.8, 4) is 6.07 Å². The lowest BCUT2D eigenvalue weighted by Gasteiger charge is -2.21. The molecular formula is C12H11ClN2O3. The Hall–Kier alpha value is -1.77. The highest BCUT2D eigenvalue weighted by molar-refractivity contribution is 6.32. The Bertz CT molecular complexity index is 527. The second-order valence-corrected chi connectivity index (χ2v) is 4.39. The average Bonchev–Trinajstić information content (AvgIpc) is 2.63. The number of ether oxygens (including phenoxy) is 1.